The van der Waals surface area contributed by atoms with E-state index in [1.807, 2.05) is 24.3 Å². The molecule has 0 aromatic carbocycles. The molecule has 2 fully saturated rings. The maximum absolute atomic E-state index is 4.65. The van der Waals surface area contributed by atoms with Gasteiger partial charge in [-0.05, 0) is 63.2 Å². The molecule has 2 aromatic heterocycles. The molecule has 132 valence electrons. The van der Waals surface area contributed by atoms with Crippen LogP contribution in [0.5, 0.6) is 0 Å². The van der Waals surface area contributed by atoms with Crippen LogP contribution in [-0.4, -0.2) is 40.6 Å². The Kier molecular flexibility index (Phi) is 5.06. The van der Waals surface area contributed by atoms with Gasteiger partial charge in [-0.3, -0.25) is 4.98 Å². The smallest absolute Gasteiger partial charge is 0.225 e. The van der Waals surface area contributed by atoms with Crippen molar-refractivity contribution < 1.29 is 0 Å². The van der Waals surface area contributed by atoms with Crippen LogP contribution in [-0.2, 0) is 0 Å². The Balaban J connectivity index is 1.45. The number of anilines is 2. The molecule has 0 unspecified atom stereocenters. The van der Waals surface area contributed by atoms with Gasteiger partial charge in [-0.15, -0.1) is 0 Å². The first-order valence-corrected chi connectivity index (χ1v) is 9.38. The molecule has 3 heterocycles. The standard InChI is InChI=1S/C19H26N6/c1-2-9-21-16(3-1)17-13-18(25-19(24-17)23-15-4-5-15)22-12-8-14-6-10-20-11-7-14/h1-3,9,13-15,20H,4-8,10-12H2,(H2,22,23,24,25). The highest BCUT2D eigenvalue weighted by atomic mass is 15.2. The van der Waals surface area contributed by atoms with E-state index in [0.717, 1.165) is 42.8 Å². The zero-order valence-electron chi connectivity index (χ0n) is 14.5. The Labute approximate surface area is 148 Å². The van der Waals surface area contributed by atoms with Crippen LogP contribution in [0.3, 0.4) is 0 Å². The molecule has 0 bridgehead atoms. The van der Waals surface area contributed by atoms with Crippen LogP contribution in [0, 0.1) is 5.92 Å². The van der Waals surface area contributed by atoms with Crippen molar-refractivity contribution in [1.29, 1.82) is 0 Å². The van der Waals surface area contributed by atoms with Crippen molar-refractivity contribution in [3.63, 3.8) is 0 Å². The number of nitrogens with zero attached hydrogens (tertiary/aromatic N) is 3. The second kappa shape index (κ2) is 7.78. The Morgan fingerprint density at radius 2 is 1.92 bits per heavy atom. The number of pyridine rings is 1. The molecule has 6 heteroatoms. The number of piperidine rings is 1. The quantitative estimate of drug-likeness (QED) is 0.721. The van der Waals surface area contributed by atoms with Crippen LogP contribution in [0.1, 0.15) is 32.1 Å². The summed E-state index contributed by atoms with van der Waals surface area (Å²) < 4.78 is 0. The van der Waals surface area contributed by atoms with Crippen molar-refractivity contribution >= 4 is 11.8 Å². The van der Waals surface area contributed by atoms with E-state index in [9.17, 15) is 0 Å². The van der Waals surface area contributed by atoms with E-state index in [4.69, 9.17) is 0 Å². The fourth-order valence-corrected chi connectivity index (χ4v) is 3.23. The summed E-state index contributed by atoms with van der Waals surface area (Å²) >= 11 is 0. The molecule has 2 aromatic rings. The van der Waals surface area contributed by atoms with Crippen molar-refractivity contribution in [2.24, 2.45) is 5.92 Å². The van der Waals surface area contributed by atoms with E-state index >= 15 is 0 Å². The highest BCUT2D eigenvalue weighted by molar-refractivity contribution is 5.61. The Hall–Kier alpha value is -2.21. The molecule has 0 amide bonds. The third-order valence-electron chi connectivity index (χ3n) is 4.88. The molecular formula is C19H26N6. The monoisotopic (exact) mass is 338 g/mol. The van der Waals surface area contributed by atoms with Crippen LogP contribution < -0.4 is 16.0 Å². The molecule has 1 saturated heterocycles. The SMILES string of the molecule is c1ccc(-c2cc(NCCC3CCNCC3)nc(NC3CC3)n2)nc1. The zero-order chi connectivity index (χ0) is 16.9. The van der Waals surface area contributed by atoms with E-state index in [1.54, 1.807) is 6.20 Å². The highest BCUT2D eigenvalue weighted by Gasteiger charge is 2.22. The molecule has 4 rings (SSSR count). The average Bonchev–Trinajstić information content (AvgIpc) is 3.47. The number of rotatable bonds is 7. The predicted molar refractivity (Wildman–Crippen MR) is 101 cm³/mol. The molecule has 1 aliphatic carbocycles. The summed E-state index contributed by atoms with van der Waals surface area (Å²) in [6, 6.07) is 8.43. The fourth-order valence-electron chi connectivity index (χ4n) is 3.23. The summed E-state index contributed by atoms with van der Waals surface area (Å²) in [6.07, 6.45) is 7.95. The Morgan fingerprint density at radius 3 is 2.68 bits per heavy atom. The van der Waals surface area contributed by atoms with E-state index in [0.29, 0.717) is 12.0 Å². The minimum Gasteiger partial charge on any atom is -0.370 e. The van der Waals surface area contributed by atoms with Gasteiger partial charge in [0.15, 0.2) is 0 Å². The third-order valence-corrected chi connectivity index (χ3v) is 4.88. The predicted octanol–water partition coefficient (Wildman–Crippen LogP) is 2.91. The minimum atomic E-state index is 0.529. The zero-order valence-corrected chi connectivity index (χ0v) is 14.5. The van der Waals surface area contributed by atoms with Crippen LogP contribution in [0.25, 0.3) is 11.4 Å². The van der Waals surface area contributed by atoms with Crippen LogP contribution >= 0.6 is 0 Å². The molecule has 2 aliphatic rings. The van der Waals surface area contributed by atoms with Crippen molar-refractivity contribution in [2.75, 3.05) is 30.3 Å². The summed E-state index contributed by atoms with van der Waals surface area (Å²) in [4.78, 5) is 13.7. The molecule has 6 nitrogen and oxygen atoms in total. The first-order chi connectivity index (χ1) is 12.4. The molecule has 0 radical (unpaired) electrons. The van der Waals surface area contributed by atoms with E-state index in [1.165, 1.54) is 32.1 Å². The third kappa shape index (κ3) is 4.66. The van der Waals surface area contributed by atoms with Gasteiger partial charge in [0.2, 0.25) is 5.95 Å². The number of nitrogens with one attached hydrogen (secondary N) is 3. The van der Waals surface area contributed by atoms with Crippen LogP contribution in [0.15, 0.2) is 30.5 Å². The van der Waals surface area contributed by atoms with Gasteiger partial charge in [-0.25, -0.2) is 4.98 Å². The lowest BCUT2D eigenvalue weighted by Gasteiger charge is -2.22. The Morgan fingerprint density at radius 1 is 1.04 bits per heavy atom. The Bertz CT molecular complexity index is 680. The first-order valence-electron chi connectivity index (χ1n) is 9.38. The normalized spacial score (nSPS) is 18.1. The lowest BCUT2D eigenvalue weighted by atomic mass is 9.95. The molecule has 1 aliphatic heterocycles. The topological polar surface area (TPSA) is 74.8 Å². The first kappa shape index (κ1) is 16.3. The van der Waals surface area contributed by atoms with Crippen molar-refractivity contribution in [3.8, 4) is 11.4 Å². The van der Waals surface area contributed by atoms with Gasteiger partial charge in [-0.1, -0.05) is 6.07 Å². The van der Waals surface area contributed by atoms with Gasteiger partial charge in [0.1, 0.15) is 5.82 Å². The number of hydrogen-bond donors (Lipinski definition) is 3. The van der Waals surface area contributed by atoms with Gasteiger partial charge in [0.05, 0.1) is 11.4 Å². The molecule has 0 spiro atoms. The molecule has 25 heavy (non-hydrogen) atoms. The highest BCUT2D eigenvalue weighted by Crippen LogP contribution is 2.26. The molecule has 3 N–H and O–H groups in total. The maximum Gasteiger partial charge on any atom is 0.225 e. The molecule has 0 atom stereocenters. The summed E-state index contributed by atoms with van der Waals surface area (Å²) in [5, 5.41) is 10.3. The molecular weight excluding hydrogens is 312 g/mol. The second-order valence-electron chi connectivity index (χ2n) is 7.00. The summed E-state index contributed by atoms with van der Waals surface area (Å²) in [5.41, 5.74) is 1.74. The van der Waals surface area contributed by atoms with Gasteiger partial charge >= 0.3 is 0 Å². The maximum atomic E-state index is 4.65. The molecule has 1 saturated carbocycles. The summed E-state index contributed by atoms with van der Waals surface area (Å²) in [5.74, 6) is 2.40. The fraction of sp³-hybridized carbons (Fsp3) is 0.526. The number of hydrogen-bond acceptors (Lipinski definition) is 6. The minimum absolute atomic E-state index is 0.529. The van der Waals surface area contributed by atoms with Gasteiger partial charge in [0, 0.05) is 24.8 Å². The number of aromatic nitrogens is 3. The lowest BCUT2D eigenvalue weighted by Crippen LogP contribution is -2.28. The van der Waals surface area contributed by atoms with Crippen LogP contribution in [0.4, 0.5) is 11.8 Å². The van der Waals surface area contributed by atoms with E-state index in [-0.39, 0.29) is 0 Å². The van der Waals surface area contributed by atoms with Crippen molar-refractivity contribution in [1.82, 2.24) is 20.3 Å². The summed E-state index contributed by atoms with van der Waals surface area (Å²) in [7, 11) is 0. The van der Waals surface area contributed by atoms with Gasteiger partial charge in [-0.2, -0.15) is 4.98 Å². The summed E-state index contributed by atoms with van der Waals surface area (Å²) in [6.45, 7) is 3.25. The van der Waals surface area contributed by atoms with E-state index < -0.39 is 0 Å². The van der Waals surface area contributed by atoms with Crippen molar-refractivity contribution in [3.05, 3.63) is 30.5 Å². The van der Waals surface area contributed by atoms with Crippen LogP contribution in [0.2, 0.25) is 0 Å². The second-order valence-corrected chi connectivity index (χ2v) is 7.00. The van der Waals surface area contributed by atoms with E-state index in [2.05, 4.69) is 30.9 Å². The average molecular weight is 338 g/mol. The largest absolute Gasteiger partial charge is 0.370 e. The van der Waals surface area contributed by atoms with Gasteiger partial charge < -0.3 is 16.0 Å². The van der Waals surface area contributed by atoms with Crippen molar-refractivity contribution in [2.45, 2.75) is 38.1 Å². The lowest BCUT2D eigenvalue weighted by molar-refractivity contribution is 0.361. The van der Waals surface area contributed by atoms with Gasteiger partial charge in [0.25, 0.3) is 0 Å².